The smallest absolute Gasteiger partial charge is 0.227 e. The van der Waals surface area contributed by atoms with Crippen LogP contribution in [0, 0.1) is 6.92 Å². The van der Waals surface area contributed by atoms with Gasteiger partial charge in [-0.2, -0.15) is 9.78 Å². The molecule has 3 rings (SSSR count). The Kier molecular flexibility index (Phi) is 2.75. The highest BCUT2D eigenvalue weighted by Gasteiger charge is 2.19. The summed E-state index contributed by atoms with van der Waals surface area (Å²) in [5, 5.41) is 15.3. The Balaban J connectivity index is 2.21. The lowest BCUT2D eigenvalue weighted by atomic mass is 10.2. The van der Waals surface area contributed by atoms with Crippen LogP contribution >= 0.6 is 0 Å². The number of nitrogens with zero attached hydrogens (tertiary/aromatic N) is 3. The monoisotopic (exact) mass is 267 g/mol. The maximum absolute atomic E-state index is 11.5. The van der Waals surface area contributed by atoms with E-state index >= 15 is 0 Å². The molecule has 1 aromatic carbocycles. The number of pyridine rings is 1. The van der Waals surface area contributed by atoms with Crippen molar-refractivity contribution in [2.75, 3.05) is 0 Å². The van der Waals surface area contributed by atoms with Crippen LogP contribution in [-0.2, 0) is 0 Å². The van der Waals surface area contributed by atoms with E-state index in [1.807, 2.05) is 30.3 Å². The first kappa shape index (κ1) is 12.3. The van der Waals surface area contributed by atoms with Gasteiger partial charge < -0.3 is 5.11 Å². The van der Waals surface area contributed by atoms with Gasteiger partial charge in [-0.15, -0.1) is 0 Å². The molecule has 100 valence electrons. The molecule has 1 N–H and O–H groups in total. The third kappa shape index (κ3) is 1.84. The second-order valence-corrected chi connectivity index (χ2v) is 4.61. The molecule has 0 amide bonds. The van der Waals surface area contributed by atoms with E-state index < -0.39 is 0 Å². The molecule has 0 atom stereocenters. The Bertz CT molecular complexity index is 821. The number of benzene rings is 1. The topological polar surface area (TPSA) is 68.0 Å². The molecule has 2 heterocycles. The van der Waals surface area contributed by atoms with Crippen molar-refractivity contribution in [1.29, 1.82) is 0 Å². The first-order chi connectivity index (χ1) is 9.58. The highest BCUT2D eigenvalue weighted by atomic mass is 16.3. The second kappa shape index (κ2) is 4.45. The Labute approximate surface area is 115 Å². The molecule has 0 unspecified atom stereocenters. The third-order valence-electron chi connectivity index (χ3n) is 3.19. The summed E-state index contributed by atoms with van der Waals surface area (Å²) in [6.07, 6.45) is 0. The van der Waals surface area contributed by atoms with Gasteiger partial charge in [0.15, 0.2) is 11.6 Å². The van der Waals surface area contributed by atoms with Crippen LogP contribution in [0.5, 0.6) is 5.88 Å². The predicted molar refractivity (Wildman–Crippen MR) is 75.3 cm³/mol. The molecule has 0 radical (unpaired) electrons. The zero-order valence-corrected chi connectivity index (χ0v) is 11.2. The van der Waals surface area contributed by atoms with Gasteiger partial charge in [-0.05, 0) is 32.0 Å². The molecule has 0 aliphatic rings. The molecule has 5 nitrogen and oxygen atoms in total. The van der Waals surface area contributed by atoms with Gasteiger partial charge in [0, 0.05) is 5.39 Å². The fourth-order valence-electron chi connectivity index (χ4n) is 2.26. The number of carbonyl (C=O) groups is 1. The summed E-state index contributed by atoms with van der Waals surface area (Å²) in [6.45, 7) is 3.09. The van der Waals surface area contributed by atoms with Gasteiger partial charge in [-0.3, -0.25) is 4.79 Å². The number of aryl methyl sites for hydroxylation is 1. The van der Waals surface area contributed by atoms with Crippen LogP contribution in [0.1, 0.15) is 23.0 Å². The summed E-state index contributed by atoms with van der Waals surface area (Å²) in [7, 11) is 0. The molecule has 0 bridgehead atoms. The molecular formula is C15H13N3O2. The van der Waals surface area contributed by atoms with Crippen LogP contribution in [0.2, 0.25) is 0 Å². The normalized spacial score (nSPS) is 10.9. The highest BCUT2D eigenvalue weighted by Crippen LogP contribution is 2.25. The van der Waals surface area contributed by atoms with Gasteiger partial charge in [0.1, 0.15) is 5.56 Å². The van der Waals surface area contributed by atoms with Gasteiger partial charge in [0.05, 0.1) is 11.2 Å². The summed E-state index contributed by atoms with van der Waals surface area (Å²) in [6, 6.07) is 11.3. The van der Waals surface area contributed by atoms with Crippen molar-refractivity contribution in [1.82, 2.24) is 14.8 Å². The number of aromatic hydroxyl groups is 1. The van der Waals surface area contributed by atoms with E-state index in [2.05, 4.69) is 10.1 Å². The molecule has 0 aliphatic heterocycles. The summed E-state index contributed by atoms with van der Waals surface area (Å²) in [5.74, 6) is 0.0987. The van der Waals surface area contributed by atoms with Crippen molar-refractivity contribution in [3.8, 4) is 11.7 Å². The lowest BCUT2D eigenvalue weighted by Gasteiger charge is -2.04. The van der Waals surface area contributed by atoms with Crippen LogP contribution in [0.25, 0.3) is 16.7 Å². The van der Waals surface area contributed by atoms with Crippen LogP contribution in [-0.4, -0.2) is 25.7 Å². The average molecular weight is 267 g/mol. The molecule has 5 heteroatoms. The molecule has 0 spiro atoms. The van der Waals surface area contributed by atoms with Crippen LogP contribution < -0.4 is 0 Å². The predicted octanol–water partition coefficient (Wildman–Crippen LogP) is 2.64. The van der Waals surface area contributed by atoms with Gasteiger partial charge in [0.2, 0.25) is 5.88 Å². The fourth-order valence-corrected chi connectivity index (χ4v) is 2.26. The van der Waals surface area contributed by atoms with E-state index in [1.165, 1.54) is 11.6 Å². The molecule has 2 aromatic heterocycles. The number of ketones is 1. The van der Waals surface area contributed by atoms with Gasteiger partial charge in [-0.25, -0.2) is 4.98 Å². The zero-order valence-electron chi connectivity index (χ0n) is 11.2. The maximum Gasteiger partial charge on any atom is 0.227 e. The maximum atomic E-state index is 11.5. The highest BCUT2D eigenvalue weighted by molar-refractivity contribution is 5.97. The van der Waals surface area contributed by atoms with Crippen molar-refractivity contribution in [3.05, 3.63) is 47.7 Å². The Morgan fingerprint density at radius 2 is 1.95 bits per heavy atom. The number of fused-ring (bicyclic) bond motifs is 1. The van der Waals surface area contributed by atoms with Gasteiger partial charge in [0.25, 0.3) is 0 Å². The summed E-state index contributed by atoms with van der Waals surface area (Å²) < 4.78 is 1.29. The molecule has 3 aromatic rings. The van der Waals surface area contributed by atoms with Crippen molar-refractivity contribution in [2.45, 2.75) is 13.8 Å². The minimum absolute atomic E-state index is 0.169. The first-order valence-corrected chi connectivity index (χ1v) is 6.23. The lowest BCUT2D eigenvalue weighted by molar-refractivity contribution is 0.101. The summed E-state index contributed by atoms with van der Waals surface area (Å²) in [4.78, 5) is 16.0. The number of rotatable bonds is 2. The van der Waals surface area contributed by atoms with Crippen LogP contribution in [0.4, 0.5) is 0 Å². The molecular weight excluding hydrogens is 254 g/mol. The number of aromatic nitrogens is 3. The van der Waals surface area contributed by atoms with Crippen LogP contribution in [0.3, 0.4) is 0 Å². The van der Waals surface area contributed by atoms with E-state index in [0.717, 1.165) is 10.9 Å². The SMILES string of the molecule is CC(=O)c1c(C)nn(-c2ccc3ccccc3n2)c1O. The quantitative estimate of drug-likeness (QED) is 0.725. The van der Waals surface area contributed by atoms with Gasteiger partial charge in [-0.1, -0.05) is 18.2 Å². The molecule has 0 saturated heterocycles. The number of carbonyl (C=O) groups excluding carboxylic acids is 1. The number of hydrogen-bond donors (Lipinski definition) is 1. The van der Waals surface area contributed by atoms with Crippen molar-refractivity contribution in [2.24, 2.45) is 0 Å². The number of Topliss-reactive ketones (excluding diaryl/α,β-unsaturated/α-hetero) is 1. The minimum atomic E-state index is -0.216. The van der Waals surface area contributed by atoms with Crippen molar-refractivity contribution >= 4 is 16.7 Å². The van der Waals surface area contributed by atoms with Gasteiger partial charge >= 0.3 is 0 Å². The van der Waals surface area contributed by atoms with E-state index in [0.29, 0.717) is 11.5 Å². The third-order valence-corrected chi connectivity index (χ3v) is 3.19. The Morgan fingerprint density at radius 3 is 2.65 bits per heavy atom. The molecule has 0 saturated carbocycles. The first-order valence-electron chi connectivity index (χ1n) is 6.23. The lowest BCUT2D eigenvalue weighted by Crippen LogP contribution is -1.99. The van der Waals surface area contributed by atoms with E-state index in [1.54, 1.807) is 13.0 Å². The summed E-state index contributed by atoms with van der Waals surface area (Å²) in [5.41, 5.74) is 1.53. The fraction of sp³-hybridized carbons (Fsp3) is 0.133. The number of para-hydroxylation sites is 1. The Morgan fingerprint density at radius 1 is 1.20 bits per heavy atom. The van der Waals surface area contributed by atoms with E-state index in [9.17, 15) is 9.90 Å². The molecule has 0 fully saturated rings. The summed E-state index contributed by atoms with van der Waals surface area (Å²) >= 11 is 0. The van der Waals surface area contributed by atoms with Crippen LogP contribution in [0.15, 0.2) is 36.4 Å². The minimum Gasteiger partial charge on any atom is -0.493 e. The second-order valence-electron chi connectivity index (χ2n) is 4.61. The molecule has 20 heavy (non-hydrogen) atoms. The van der Waals surface area contributed by atoms with E-state index in [-0.39, 0.29) is 17.2 Å². The number of hydrogen-bond acceptors (Lipinski definition) is 4. The zero-order chi connectivity index (χ0) is 14.3. The standard InChI is InChI=1S/C15H13N3O2/c1-9-14(10(2)19)15(20)18(17-9)13-8-7-11-5-3-4-6-12(11)16-13/h3-8,20H,1-2H3. The molecule has 0 aliphatic carbocycles. The largest absolute Gasteiger partial charge is 0.493 e. The van der Waals surface area contributed by atoms with Crippen molar-refractivity contribution < 1.29 is 9.90 Å². The average Bonchev–Trinajstić information content (AvgIpc) is 2.73. The van der Waals surface area contributed by atoms with E-state index in [4.69, 9.17) is 0 Å². The van der Waals surface area contributed by atoms with Crippen molar-refractivity contribution in [3.63, 3.8) is 0 Å². The Hall–Kier alpha value is -2.69.